The molecule has 0 heterocycles. The second-order valence-electron chi connectivity index (χ2n) is 1.11. The van der Waals surface area contributed by atoms with Gasteiger partial charge in [0.25, 0.3) is 0 Å². The Bertz CT molecular complexity index is 67.1. The number of likely N-dealkylation sites (N-methyl/N-ethyl adjacent to an activating group) is 1. The highest BCUT2D eigenvalue weighted by Gasteiger charge is 1.91. The quantitative estimate of drug-likeness (QED) is 0.487. The third-order valence-electron chi connectivity index (χ3n) is 0.549. The number of esters is 1. The summed E-state index contributed by atoms with van der Waals surface area (Å²) in [6, 6.07) is 0. The molecule has 0 aromatic carbocycles. The molecule has 3 nitrogen and oxygen atoms in total. The fraction of sp³-hybridized carbons (Fsp3) is 0.750. The van der Waals surface area contributed by atoms with E-state index < -0.39 is 0 Å². The van der Waals surface area contributed by atoms with E-state index >= 15 is 0 Å². The Balaban J connectivity index is 0. The highest BCUT2D eigenvalue weighted by atomic mass is 16.5. The predicted octanol–water partition coefficient (Wildman–Crippen LogP) is -0.375. The van der Waals surface area contributed by atoms with Gasteiger partial charge in [-0.1, -0.05) is 0 Å². The number of methoxy groups -OCH3 is 1. The number of hydrogen-bond acceptors (Lipinski definition) is 3. The lowest BCUT2D eigenvalue weighted by molar-refractivity contribution is -0.139. The van der Waals surface area contributed by atoms with Gasteiger partial charge in [0, 0.05) is 1.43 Å². The summed E-state index contributed by atoms with van der Waals surface area (Å²) in [5, 5.41) is 2.64. The van der Waals surface area contributed by atoms with Gasteiger partial charge in [0.2, 0.25) is 0 Å². The first kappa shape index (κ1) is 6.43. The molecule has 0 aromatic heterocycles. The van der Waals surface area contributed by atoms with E-state index in [-0.39, 0.29) is 13.9 Å². The second-order valence-corrected chi connectivity index (χ2v) is 1.11. The number of ether oxygens (including phenoxy) is 1. The Morgan fingerprint density at radius 3 is 2.71 bits per heavy atom. The van der Waals surface area contributed by atoms with Crippen molar-refractivity contribution in [3.8, 4) is 0 Å². The van der Waals surface area contributed by atoms with Crippen molar-refractivity contribution >= 4 is 5.97 Å². The van der Waals surface area contributed by atoms with Crippen LogP contribution in [0.3, 0.4) is 0 Å². The van der Waals surface area contributed by atoms with Gasteiger partial charge in [-0.3, -0.25) is 4.79 Å². The van der Waals surface area contributed by atoms with Gasteiger partial charge in [0.1, 0.15) is 0 Å². The number of carbonyl (C=O) groups is 1. The molecule has 0 atom stereocenters. The SMILES string of the molecule is CNCC(=O)OC.[HH]. The summed E-state index contributed by atoms with van der Waals surface area (Å²) in [4.78, 5) is 10.1. The molecule has 0 saturated heterocycles. The average molecular weight is 105 g/mol. The zero-order chi connectivity index (χ0) is 5.70. The molecule has 0 aliphatic heterocycles. The molecule has 0 aliphatic carbocycles. The molecule has 0 radical (unpaired) electrons. The van der Waals surface area contributed by atoms with E-state index in [1.807, 2.05) is 0 Å². The molecule has 0 amide bonds. The van der Waals surface area contributed by atoms with E-state index in [0.29, 0.717) is 0 Å². The van der Waals surface area contributed by atoms with Gasteiger partial charge in [0.15, 0.2) is 0 Å². The maximum absolute atomic E-state index is 10.1. The van der Waals surface area contributed by atoms with Crippen molar-refractivity contribution in [1.29, 1.82) is 0 Å². The van der Waals surface area contributed by atoms with Crippen molar-refractivity contribution in [3.05, 3.63) is 0 Å². The number of carbonyl (C=O) groups excluding carboxylic acids is 1. The molecule has 0 fully saturated rings. The maximum Gasteiger partial charge on any atom is 0.319 e. The summed E-state index contributed by atoms with van der Waals surface area (Å²) >= 11 is 0. The van der Waals surface area contributed by atoms with E-state index in [4.69, 9.17) is 0 Å². The zero-order valence-electron chi connectivity index (χ0n) is 4.52. The molecule has 7 heavy (non-hydrogen) atoms. The molecular weight excluding hydrogens is 94.0 g/mol. The highest BCUT2D eigenvalue weighted by molar-refractivity contribution is 5.71. The third kappa shape index (κ3) is 3.26. The van der Waals surface area contributed by atoms with E-state index in [1.54, 1.807) is 7.05 Å². The summed E-state index contributed by atoms with van der Waals surface area (Å²) in [7, 11) is 3.05. The van der Waals surface area contributed by atoms with Crippen molar-refractivity contribution in [2.75, 3.05) is 20.7 Å². The van der Waals surface area contributed by atoms with Gasteiger partial charge in [-0.05, 0) is 7.05 Å². The Kier molecular flexibility index (Phi) is 3.32. The molecular formula is C4H11NO2. The highest BCUT2D eigenvalue weighted by Crippen LogP contribution is 1.64. The summed E-state index contributed by atoms with van der Waals surface area (Å²) < 4.78 is 4.29. The lowest BCUT2D eigenvalue weighted by Crippen LogP contribution is -2.19. The minimum absolute atomic E-state index is 0. The fourth-order valence-electron chi connectivity index (χ4n) is 0.217. The number of nitrogens with one attached hydrogen (secondary N) is 1. The molecule has 1 N–H and O–H groups in total. The zero-order valence-corrected chi connectivity index (χ0v) is 4.52. The molecule has 0 spiro atoms. The molecule has 0 aliphatic rings. The smallest absolute Gasteiger partial charge is 0.319 e. The first-order valence-corrected chi connectivity index (χ1v) is 2.02. The predicted molar refractivity (Wildman–Crippen MR) is 28.1 cm³/mol. The minimum Gasteiger partial charge on any atom is -0.468 e. The molecule has 0 rings (SSSR count). The standard InChI is InChI=1S/C4H9NO2.H2/c1-5-3-4(6)7-2;/h5H,3H2,1-2H3;1H. The van der Waals surface area contributed by atoms with Crippen molar-refractivity contribution < 1.29 is 11.0 Å². The monoisotopic (exact) mass is 105 g/mol. The third-order valence-corrected chi connectivity index (χ3v) is 0.549. The largest absolute Gasteiger partial charge is 0.468 e. The average Bonchev–Trinajstić information content (AvgIpc) is 1.68. The van der Waals surface area contributed by atoms with Crippen LogP contribution in [0.25, 0.3) is 0 Å². The minimum atomic E-state index is -0.234. The van der Waals surface area contributed by atoms with Gasteiger partial charge in [-0.25, -0.2) is 0 Å². The lowest BCUT2D eigenvalue weighted by Gasteiger charge is -1.93. The second kappa shape index (κ2) is 3.61. The van der Waals surface area contributed by atoms with Gasteiger partial charge in [0.05, 0.1) is 13.7 Å². The Labute approximate surface area is 44.1 Å². The topological polar surface area (TPSA) is 38.3 Å². The van der Waals surface area contributed by atoms with Crippen LogP contribution in [0, 0.1) is 0 Å². The van der Waals surface area contributed by atoms with Crippen molar-refractivity contribution in [2.45, 2.75) is 0 Å². The van der Waals surface area contributed by atoms with Crippen LogP contribution in [0.15, 0.2) is 0 Å². The van der Waals surface area contributed by atoms with Crippen LogP contribution in [-0.4, -0.2) is 26.7 Å². The Hall–Kier alpha value is -0.570. The van der Waals surface area contributed by atoms with Crippen LogP contribution in [-0.2, 0) is 9.53 Å². The molecule has 0 unspecified atom stereocenters. The molecule has 0 aromatic rings. The van der Waals surface area contributed by atoms with Crippen LogP contribution in [0.4, 0.5) is 0 Å². The van der Waals surface area contributed by atoms with Crippen molar-refractivity contribution in [2.24, 2.45) is 0 Å². The molecule has 0 bridgehead atoms. The van der Waals surface area contributed by atoms with Crippen LogP contribution in [0.5, 0.6) is 0 Å². The normalized spacial score (nSPS) is 8.29. The Morgan fingerprint density at radius 1 is 2.00 bits per heavy atom. The van der Waals surface area contributed by atoms with Crippen LogP contribution >= 0.6 is 0 Å². The van der Waals surface area contributed by atoms with E-state index in [1.165, 1.54) is 7.11 Å². The van der Waals surface area contributed by atoms with Crippen LogP contribution in [0.2, 0.25) is 0 Å². The number of rotatable bonds is 2. The molecule has 3 heteroatoms. The molecule has 44 valence electrons. The fourth-order valence-corrected chi connectivity index (χ4v) is 0.217. The van der Waals surface area contributed by atoms with Gasteiger partial charge >= 0.3 is 5.97 Å². The summed E-state index contributed by atoms with van der Waals surface area (Å²) in [6.45, 7) is 0.288. The first-order valence-electron chi connectivity index (χ1n) is 2.02. The summed E-state index contributed by atoms with van der Waals surface area (Å²) in [5.74, 6) is -0.234. The van der Waals surface area contributed by atoms with Gasteiger partial charge in [-0.2, -0.15) is 0 Å². The van der Waals surface area contributed by atoms with Gasteiger partial charge in [-0.15, -0.1) is 0 Å². The van der Waals surface area contributed by atoms with Crippen molar-refractivity contribution in [1.82, 2.24) is 5.32 Å². The first-order chi connectivity index (χ1) is 3.31. The van der Waals surface area contributed by atoms with Crippen LogP contribution < -0.4 is 5.32 Å². The Morgan fingerprint density at radius 2 is 2.57 bits per heavy atom. The summed E-state index contributed by atoms with van der Waals surface area (Å²) in [5.41, 5.74) is 0. The van der Waals surface area contributed by atoms with E-state index in [2.05, 4.69) is 10.1 Å². The van der Waals surface area contributed by atoms with Gasteiger partial charge < -0.3 is 10.1 Å². The molecule has 0 saturated carbocycles. The van der Waals surface area contributed by atoms with Crippen molar-refractivity contribution in [3.63, 3.8) is 0 Å². The lowest BCUT2D eigenvalue weighted by atomic mass is 10.7. The van der Waals surface area contributed by atoms with E-state index in [0.717, 1.165) is 0 Å². The maximum atomic E-state index is 10.1. The van der Waals surface area contributed by atoms with Crippen LogP contribution in [0.1, 0.15) is 1.43 Å². The summed E-state index contributed by atoms with van der Waals surface area (Å²) in [6.07, 6.45) is 0. The number of hydrogen-bond donors (Lipinski definition) is 1. The van der Waals surface area contributed by atoms with E-state index in [9.17, 15) is 4.79 Å².